The van der Waals surface area contributed by atoms with Gasteiger partial charge in [0, 0.05) is 25.8 Å². The van der Waals surface area contributed by atoms with E-state index in [0.717, 1.165) is 30.2 Å². The third kappa shape index (κ3) is 5.13. The lowest BCUT2D eigenvalue weighted by Crippen LogP contribution is -2.58. The second kappa shape index (κ2) is 8.76. The van der Waals surface area contributed by atoms with Gasteiger partial charge >= 0.3 is 16.2 Å². The standard InChI is InChI=1S/C26H30N4O6S/c1-18-5-8-20(9-6-18)37(33,34)36-22-15-23(31)29-16-19(7-10-21(29)27-22)28-13-14-30(26(17-28)11-12-26)24(32)35-25(2,3)4/h5-10,15-16H,11-14,17H2,1-4H3. The number of benzene rings is 1. The minimum Gasteiger partial charge on any atom is -0.444 e. The van der Waals surface area contributed by atoms with E-state index in [-0.39, 0.29) is 28.1 Å². The number of piperazine rings is 1. The summed E-state index contributed by atoms with van der Waals surface area (Å²) in [6.07, 6.45) is 3.18. The first kappa shape index (κ1) is 25.1. The van der Waals surface area contributed by atoms with Gasteiger partial charge in [0.05, 0.1) is 17.3 Å². The summed E-state index contributed by atoms with van der Waals surface area (Å²) < 4.78 is 37.4. The molecule has 0 radical (unpaired) electrons. The molecule has 1 aliphatic heterocycles. The van der Waals surface area contributed by atoms with Crippen molar-refractivity contribution in [2.75, 3.05) is 24.5 Å². The molecule has 1 aliphatic carbocycles. The second-order valence-electron chi connectivity index (χ2n) is 10.7. The SMILES string of the molecule is Cc1ccc(S(=O)(=O)Oc2cc(=O)n3cc(N4CCN(C(=O)OC(C)(C)C)C5(CC5)C4)ccc3n2)cc1. The molecule has 1 saturated heterocycles. The van der Waals surface area contributed by atoms with E-state index in [1.54, 1.807) is 24.4 Å². The Labute approximate surface area is 215 Å². The number of nitrogens with zero attached hydrogens (tertiary/aromatic N) is 4. The lowest BCUT2D eigenvalue weighted by molar-refractivity contribution is 0.0106. The van der Waals surface area contributed by atoms with Gasteiger partial charge in [-0.3, -0.25) is 14.1 Å². The molecule has 0 atom stereocenters. The fourth-order valence-electron chi connectivity index (χ4n) is 4.54. The highest BCUT2D eigenvalue weighted by Gasteiger charge is 2.54. The number of hydrogen-bond acceptors (Lipinski definition) is 8. The van der Waals surface area contributed by atoms with E-state index in [1.165, 1.54) is 16.5 Å². The quantitative estimate of drug-likeness (QED) is 0.476. The van der Waals surface area contributed by atoms with Gasteiger partial charge in [-0.25, -0.2) is 4.79 Å². The second-order valence-corrected chi connectivity index (χ2v) is 12.2. The van der Waals surface area contributed by atoms with Crippen LogP contribution in [0.5, 0.6) is 5.88 Å². The molecule has 2 aromatic heterocycles. The number of aromatic nitrogens is 2. The van der Waals surface area contributed by atoms with Crippen molar-refractivity contribution in [2.24, 2.45) is 0 Å². The van der Waals surface area contributed by atoms with Gasteiger partial charge < -0.3 is 13.8 Å². The molecule has 3 heterocycles. The maximum Gasteiger partial charge on any atom is 0.410 e. The summed E-state index contributed by atoms with van der Waals surface area (Å²) in [4.78, 5) is 33.8. The zero-order chi connectivity index (χ0) is 26.6. The molecule has 0 unspecified atom stereocenters. The Hall–Kier alpha value is -3.60. The molecule has 2 aliphatic rings. The summed E-state index contributed by atoms with van der Waals surface area (Å²) in [5, 5.41) is 0. The van der Waals surface area contributed by atoms with Crippen molar-refractivity contribution < 1.29 is 22.1 Å². The van der Waals surface area contributed by atoms with Crippen LogP contribution in [0.25, 0.3) is 5.65 Å². The molecule has 5 rings (SSSR count). The van der Waals surface area contributed by atoms with Gasteiger partial charge in [0.2, 0.25) is 5.88 Å². The first-order valence-corrected chi connectivity index (χ1v) is 13.6. The Balaban J connectivity index is 1.36. The van der Waals surface area contributed by atoms with Crippen molar-refractivity contribution >= 4 is 27.5 Å². The number of hydrogen-bond donors (Lipinski definition) is 0. The molecule has 1 amide bonds. The van der Waals surface area contributed by atoms with Crippen LogP contribution in [0.4, 0.5) is 10.5 Å². The van der Waals surface area contributed by atoms with Crippen LogP contribution >= 0.6 is 0 Å². The van der Waals surface area contributed by atoms with Crippen molar-refractivity contribution in [3.05, 3.63) is 64.6 Å². The van der Waals surface area contributed by atoms with E-state index >= 15 is 0 Å². The molecule has 0 N–H and O–H groups in total. The van der Waals surface area contributed by atoms with Crippen molar-refractivity contribution in [3.63, 3.8) is 0 Å². The number of rotatable bonds is 4. The van der Waals surface area contributed by atoms with Gasteiger partial charge in [0.1, 0.15) is 16.1 Å². The summed E-state index contributed by atoms with van der Waals surface area (Å²) in [7, 11) is -4.13. The Morgan fingerprint density at radius 2 is 1.76 bits per heavy atom. The van der Waals surface area contributed by atoms with E-state index in [1.807, 2.05) is 38.7 Å². The third-order valence-corrected chi connectivity index (χ3v) is 7.82. The third-order valence-electron chi connectivity index (χ3n) is 6.58. The normalized spacial score (nSPS) is 17.2. The molecular formula is C26H30N4O6S. The summed E-state index contributed by atoms with van der Waals surface area (Å²) in [6, 6.07) is 10.8. The maximum atomic E-state index is 12.9. The highest BCUT2D eigenvalue weighted by atomic mass is 32.2. The fraction of sp³-hybridized carbons (Fsp3) is 0.423. The van der Waals surface area contributed by atoms with E-state index in [0.29, 0.717) is 19.6 Å². The molecule has 2 fully saturated rings. The van der Waals surface area contributed by atoms with Crippen LogP contribution in [-0.4, -0.2) is 59.6 Å². The molecule has 1 spiro atoms. The largest absolute Gasteiger partial charge is 0.444 e. The Morgan fingerprint density at radius 3 is 2.41 bits per heavy atom. The van der Waals surface area contributed by atoms with Crippen LogP contribution < -0.4 is 14.6 Å². The molecule has 11 heteroatoms. The van der Waals surface area contributed by atoms with E-state index in [4.69, 9.17) is 8.92 Å². The summed E-state index contributed by atoms with van der Waals surface area (Å²) >= 11 is 0. The topological polar surface area (TPSA) is 111 Å². The van der Waals surface area contributed by atoms with Crippen LogP contribution in [0, 0.1) is 6.92 Å². The van der Waals surface area contributed by atoms with Gasteiger partial charge in [0.15, 0.2) is 0 Å². The molecule has 1 aromatic carbocycles. The number of fused-ring (bicyclic) bond motifs is 1. The number of carbonyl (C=O) groups is 1. The van der Waals surface area contributed by atoms with Crippen LogP contribution in [0.3, 0.4) is 0 Å². The zero-order valence-electron chi connectivity index (χ0n) is 21.3. The van der Waals surface area contributed by atoms with Crippen molar-refractivity contribution in [1.29, 1.82) is 0 Å². The predicted octanol–water partition coefficient (Wildman–Crippen LogP) is 3.36. The van der Waals surface area contributed by atoms with Gasteiger partial charge in [-0.15, -0.1) is 0 Å². The molecule has 196 valence electrons. The van der Waals surface area contributed by atoms with Gasteiger partial charge in [0.25, 0.3) is 5.56 Å². The summed E-state index contributed by atoms with van der Waals surface area (Å²) in [6.45, 7) is 9.16. The maximum absolute atomic E-state index is 12.9. The molecule has 0 bridgehead atoms. The monoisotopic (exact) mass is 526 g/mol. The van der Waals surface area contributed by atoms with Crippen LogP contribution in [0.1, 0.15) is 39.2 Å². The smallest absolute Gasteiger partial charge is 0.410 e. The van der Waals surface area contributed by atoms with Crippen LogP contribution in [-0.2, 0) is 14.9 Å². The minimum absolute atomic E-state index is 0.0185. The number of pyridine rings is 1. The number of amides is 1. The lowest BCUT2D eigenvalue weighted by Gasteiger charge is -2.43. The predicted molar refractivity (Wildman–Crippen MR) is 138 cm³/mol. The first-order valence-electron chi connectivity index (χ1n) is 12.2. The number of anilines is 1. The van der Waals surface area contributed by atoms with Gasteiger partial charge in [-0.1, -0.05) is 17.7 Å². The van der Waals surface area contributed by atoms with Crippen LogP contribution in [0.2, 0.25) is 0 Å². The molecule has 10 nitrogen and oxygen atoms in total. The van der Waals surface area contributed by atoms with E-state index in [2.05, 4.69) is 9.88 Å². The summed E-state index contributed by atoms with van der Waals surface area (Å²) in [5.74, 6) is -0.291. The Morgan fingerprint density at radius 1 is 1.05 bits per heavy atom. The number of aryl methyl sites for hydroxylation is 1. The minimum atomic E-state index is -4.13. The fourth-order valence-corrected chi connectivity index (χ4v) is 5.41. The van der Waals surface area contributed by atoms with Crippen LogP contribution in [0.15, 0.2) is 58.4 Å². The Bertz CT molecular complexity index is 1520. The highest BCUT2D eigenvalue weighted by Crippen LogP contribution is 2.45. The van der Waals surface area contributed by atoms with Crippen molar-refractivity contribution in [3.8, 4) is 5.88 Å². The Kier molecular flexibility index (Phi) is 5.93. The number of ether oxygens (including phenoxy) is 1. The first-order chi connectivity index (χ1) is 17.4. The van der Waals surface area contributed by atoms with Gasteiger partial charge in [-0.2, -0.15) is 13.4 Å². The highest BCUT2D eigenvalue weighted by molar-refractivity contribution is 7.87. The average Bonchev–Trinajstić information content (AvgIpc) is 3.56. The van der Waals surface area contributed by atoms with Crippen molar-refractivity contribution in [2.45, 2.75) is 56.6 Å². The molecule has 3 aromatic rings. The van der Waals surface area contributed by atoms with E-state index in [9.17, 15) is 18.0 Å². The summed E-state index contributed by atoms with van der Waals surface area (Å²) in [5.41, 5.74) is 0.705. The number of carbonyl (C=O) groups excluding carboxylic acids is 1. The van der Waals surface area contributed by atoms with Crippen molar-refractivity contribution in [1.82, 2.24) is 14.3 Å². The molecule has 37 heavy (non-hydrogen) atoms. The van der Waals surface area contributed by atoms with Gasteiger partial charge in [-0.05, 0) is 64.8 Å². The molecular weight excluding hydrogens is 496 g/mol. The zero-order valence-corrected chi connectivity index (χ0v) is 22.1. The van der Waals surface area contributed by atoms with E-state index < -0.39 is 21.3 Å². The molecule has 1 saturated carbocycles. The lowest BCUT2D eigenvalue weighted by atomic mass is 10.1. The average molecular weight is 527 g/mol.